The molecule has 0 fully saturated rings. The standard InChI is InChI=1S/C15H10F3NO4/c16-15(17,18)12-6-4-10(5-7-12)9-23-14(20)11-2-1-3-13(8-11)19(21)22/h1-8H,9H2. The normalized spacial score (nSPS) is 11.1. The molecule has 8 heteroatoms. The summed E-state index contributed by atoms with van der Waals surface area (Å²) in [7, 11) is 0. The summed E-state index contributed by atoms with van der Waals surface area (Å²) >= 11 is 0. The van der Waals surface area contributed by atoms with E-state index in [0.717, 1.165) is 18.2 Å². The molecule has 2 rings (SSSR count). The van der Waals surface area contributed by atoms with Crippen LogP contribution >= 0.6 is 0 Å². The summed E-state index contributed by atoms with van der Waals surface area (Å²) in [5.74, 6) is -0.798. The molecule has 0 unspecified atom stereocenters. The van der Waals surface area contributed by atoms with Crippen LogP contribution in [0.3, 0.4) is 0 Å². The molecule has 0 atom stereocenters. The van der Waals surface area contributed by atoms with Crippen molar-refractivity contribution in [3.05, 3.63) is 75.3 Å². The lowest BCUT2D eigenvalue weighted by molar-refractivity contribution is -0.384. The number of rotatable bonds is 4. The fourth-order valence-electron chi connectivity index (χ4n) is 1.77. The van der Waals surface area contributed by atoms with Crippen molar-refractivity contribution in [1.29, 1.82) is 0 Å². The van der Waals surface area contributed by atoms with Gasteiger partial charge >= 0.3 is 12.1 Å². The second kappa shape index (κ2) is 6.47. The Morgan fingerprint density at radius 1 is 1.13 bits per heavy atom. The van der Waals surface area contributed by atoms with Crippen LogP contribution in [0.1, 0.15) is 21.5 Å². The Hall–Kier alpha value is -2.90. The molecule has 0 heterocycles. The lowest BCUT2D eigenvalue weighted by Gasteiger charge is -2.08. The van der Waals surface area contributed by atoms with Crippen LogP contribution in [0.25, 0.3) is 0 Å². The van der Waals surface area contributed by atoms with E-state index in [1.165, 1.54) is 30.3 Å². The number of carbonyl (C=O) groups excluding carboxylic acids is 1. The van der Waals surface area contributed by atoms with Gasteiger partial charge in [-0.25, -0.2) is 4.79 Å². The molecule has 5 nitrogen and oxygen atoms in total. The van der Waals surface area contributed by atoms with E-state index in [0.29, 0.717) is 5.56 Å². The summed E-state index contributed by atoms with van der Waals surface area (Å²) in [6.45, 7) is -0.236. The average Bonchev–Trinajstić information content (AvgIpc) is 2.52. The van der Waals surface area contributed by atoms with Gasteiger partial charge in [-0.2, -0.15) is 13.2 Å². The van der Waals surface area contributed by atoms with E-state index in [4.69, 9.17) is 4.74 Å². The number of hydrogen-bond donors (Lipinski definition) is 0. The topological polar surface area (TPSA) is 69.4 Å². The third kappa shape index (κ3) is 4.29. The molecule has 0 aromatic heterocycles. The van der Waals surface area contributed by atoms with Crippen LogP contribution in [0, 0.1) is 10.1 Å². The predicted octanol–water partition coefficient (Wildman–Crippen LogP) is 3.97. The minimum Gasteiger partial charge on any atom is -0.457 e. The van der Waals surface area contributed by atoms with Gasteiger partial charge in [0.2, 0.25) is 0 Å². The highest BCUT2D eigenvalue weighted by molar-refractivity contribution is 5.90. The Balaban J connectivity index is 2.02. The zero-order valence-corrected chi connectivity index (χ0v) is 11.5. The highest BCUT2D eigenvalue weighted by Crippen LogP contribution is 2.29. The first-order chi connectivity index (χ1) is 10.8. The van der Waals surface area contributed by atoms with Gasteiger partial charge in [-0.3, -0.25) is 10.1 Å². The maximum Gasteiger partial charge on any atom is 0.416 e. The smallest absolute Gasteiger partial charge is 0.416 e. The third-order valence-corrected chi connectivity index (χ3v) is 2.94. The van der Waals surface area contributed by atoms with Crippen molar-refractivity contribution >= 4 is 11.7 Å². The Kier molecular flexibility index (Phi) is 4.63. The average molecular weight is 325 g/mol. The van der Waals surface area contributed by atoms with Gasteiger partial charge in [-0.05, 0) is 23.8 Å². The van der Waals surface area contributed by atoms with E-state index in [-0.39, 0.29) is 17.9 Å². The maximum absolute atomic E-state index is 12.4. The van der Waals surface area contributed by atoms with Crippen LogP contribution in [-0.2, 0) is 17.5 Å². The quantitative estimate of drug-likeness (QED) is 0.484. The number of nitro groups is 1. The maximum atomic E-state index is 12.4. The Bertz CT molecular complexity index is 726. The van der Waals surface area contributed by atoms with Crippen LogP contribution in [0.2, 0.25) is 0 Å². The van der Waals surface area contributed by atoms with E-state index in [1.54, 1.807) is 0 Å². The Morgan fingerprint density at radius 3 is 2.35 bits per heavy atom. The minimum absolute atomic E-state index is 0.00823. The number of hydrogen-bond acceptors (Lipinski definition) is 4. The fraction of sp³-hybridized carbons (Fsp3) is 0.133. The van der Waals surface area contributed by atoms with Gasteiger partial charge in [-0.1, -0.05) is 18.2 Å². The van der Waals surface area contributed by atoms with Gasteiger partial charge in [0, 0.05) is 12.1 Å². The van der Waals surface area contributed by atoms with Crippen molar-refractivity contribution in [3.63, 3.8) is 0 Å². The number of alkyl halides is 3. The van der Waals surface area contributed by atoms with Gasteiger partial charge in [0.25, 0.3) is 5.69 Å². The van der Waals surface area contributed by atoms with Crippen LogP contribution in [-0.4, -0.2) is 10.9 Å². The molecular weight excluding hydrogens is 315 g/mol. The number of halogens is 3. The number of non-ortho nitro benzene ring substituents is 1. The molecule has 0 aliphatic carbocycles. The first-order valence-electron chi connectivity index (χ1n) is 6.35. The molecule has 0 aliphatic rings. The van der Waals surface area contributed by atoms with Gasteiger partial charge < -0.3 is 4.74 Å². The molecule has 0 radical (unpaired) electrons. The van der Waals surface area contributed by atoms with Crippen LogP contribution < -0.4 is 0 Å². The van der Waals surface area contributed by atoms with Crippen molar-refractivity contribution in [2.24, 2.45) is 0 Å². The summed E-state index contributed by atoms with van der Waals surface area (Å²) in [5, 5.41) is 10.6. The molecule has 2 aromatic carbocycles. The molecule has 2 aromatic rings. The lowest BCUT2D eigenvalue weighted by Crippen LogP contribution is -2.07. The molecule has 0 N–H and O–H groups in total. The lowest BCUT2D eigenvalue weighted by atomic mass is 10.1. The van der Waals surface area contributed by atoms with Crippen LogP contribution in [0.5, 0.6) is 0 Å². The zero-order chi connectivity index (χ0) is 17.0. The monoisotopic (exact) mass is 325 g/mol. The summed E-state index contributed by atoms with van der Waals surface area (Å²) in [5.41, 5.74) is -0.692. The molecule has 0 bridgehead atoms. The van der Waals surface area contributed by atoms with Crippen LogP contribution in [0.15, 0.2) is 48.5 Å². The molecule has 0 aliphatic heterocycles. The minimum atomic E-state index is -4.43. The Morgan fingerprint density at radius 2 is 1.78 bits per heavy atom. The highest BCUT2D eigenvalue weighted by atomic mass is 19.4. The number of benzene rings is 2. The van der Waals surface area contributed by atoms with Crippen molar-refractivity contribution in [3.8, 4) is 0 Å². The first kappa shape index (κ1) is 16.5. The van der Waals surface area contributed by atoms with E-state index >= 15 is 0 Å². The van der Waals surface area contributed by atoms with Gasteiger partial charge in [-0.15, -0.1) is 0 Å². The number of nitro benzene ring substituents is 1. The summed E-state index contributed by atoms with van der Waals surface area (Å²) in [6.07, 6.45) is -4.43. The molecule has 120 valence electrons. The summed E-state index contributed by atoms with van der Waals surface area (Å²) in [6, 6.07) is 9.15. The second-order valence-corrected chi connectivity index (χ2v) is 4.58. The molecule has 0 spiro atoms. The number of nitrogens with zero attached hydrogens (tertiary/aromatic N) is 1. The van der Waals surface area contributed by atoms with E-state index in [2.05, 4.69) is 0 Å². The first-order valence-corrected chi connectivity index (χ1v) is 6.35. The van der Waals surface area contributed by atoms with Gasteiger partial charge in [0.1, 0.15) is 6.61 Å². The largest absolute Gasteiger partial charge is 0.457 e. The van der Waals surface area contributed by atoms with Crippen molar-refractivity contribution < 1.29 is 27.6 Å². The van der Waals surface area contributed by atoms with Gasteiger partial charge in [0.15, 0.2) is 0 Å². The molecule has 0 amide bonds. The van der Waals surface area contributed by atoms with Gasteiger partial charge in [0.05, 0.1) is 16.1 Å². The van der Waals surface area contributed by atoms with Crippen molar-refractivity contribution in [2.75, 3.05) is 0 Å². The number of ether oxygens (including phenoxy) is 1. The predicted molar refractivity (Wildman–Crippen MR) is 73.7 cm³/mol. The van der Waals surface area contributed by atoms with E-state index < -0.39 is 22.6 Å². The zero-order valence-electron chi connectivity index (χ0n) is 11.5. The second-order valence-electron chi connectivity index (χ2n) is 4.58. The highest BCUT2D eigenvalue weighted by Gasteiger charge is 2.29. The van der Waals surface area contributed by atoms with Crippen LogP contribution in [0.4, 0.5) is 18.9 Å². The number of carbonyl (C=O) groups is 1. The Labute approximate surface area is 128 Å². The van der Waals surface area contributed by atoms with E-state index in [1.807, 2.05) is 0 Å². The summed E-state index contributed by atoms with van der Waals surface area (Å²) in [4.78, 5) is 21.8. The fourth-order valence-corrected chi connectivity index (χ4v) is 1.77. The molecular formula is C15H10F3NO4. The SMILES string of the molecule is O=C(OCc1ccc(C(F)(F)F)cc1)c1cccc([N+](=O)[O-])c1. The van der Waals surface area contributed by atoms with E-state index in [9.17, 15) is 28.1 Å². The molecule has 0 saturated heterocycles. The molecule has 0 saturated carbocycles. The van der Waals surface area contributed by atoms with Crippen molar-refractivity contribution in [2.45, 2.75) is 12.8 Å². The third-order valence-electron chi connectivity index (χ3n) is 2.94. The summed E-state index contributed by atoms with van der Waals surface area (Å²) < 4.78 is 42.2. The number of esters is 1. The van der Waals surface area contributed by atoms with Crippen molar-refractivity contribution in [1.82, 2.24) is 0 Å². The molecule has 23 heavy (non-hydrogen) atoms.